The summed E-state index contributed by atoms with van der Waals surface area (Å²) in [5.41, 5.74) is 0.977. The molecule has 4 rings (SSSR count). The second-order valence-corrected chi connectivity index (χ2v) is 11.7. The number of hydrogen-bond acceptors (Lipinski definition) is 9. The number of carbonyl (C=O) groups is 3. The van der Waals surface area contributed by atoms with Crippen molar-refractivity contribution in [1.82, 2.24) is 9.21 Å². The van der Waals surface area contributed by atoms with E-state index in [2.05, 4.69) is 5.32 Å². The number of nitrogens with zero attached hydrogens (tertiary/aromatic N) is 2. The van der Waals surface area contributed by atoms with Crippen molar-refractivity contribution in [2.24, 2.45) is 0 Å². The van der Waals surface area contributed by atoms with E-state index in [0.717, 1.165) is 10.4 Å². The van der Waals surface area contributed by atoms with Crippen LogP contribution in [-0.2, 0) is 37.3 Å². The molecule has 38 heavy (non-hydrogen) atoms. The number of esters is 1. The van der Waals surface area contributed by atoms with E-state index in [1.165, 1.54) is 34.9 Å². The number of thiophene rings is 1. The van der Waals surface area contributed by atoms with Crippen molar-refractivity contribution in [2.45, 2.75) is 50.6 Å². The molecular formula is C25H31N3O8S2. The molecule has 2 amide bonds. The average molecular weight is 566 g/mol. The van der Waals surface area contributed by atoms with Gasteiger partial charge < -0.3 is 24.4 Å². The molecule has 2 aliphatic heterocycles. The van der Waals surface area contributed by atoms with Gasteiger partial charge in [-0.1, -0.05) is 0 Å². The lowest BCUT2D eigenvalue weighted by Crippen LogP contribution is -2.43. The molecule has 1 atom stereocenters. The van der Waals surface area contributed by atoms with E-state index in [9.17, 15) is 22.8 Å². The summed E-state index contributed by atoms with van der Waals surface area (Å²) in [6, 6.07) is 5.07. The quantitative estimate of drug-likeness (QED) is 0.483. The van der Waals surface area contributed by atoms with Crippen LogP contribution in [0.2, 0.25) is 0 Å². The minimum absolute atomic E-state index is 0.0656. The van der Waals surface area contributed by atoms with Gasteiger partial charge in [0, 0.05) is 18.0 Å². The number of carbonyl (C=O) groups excluding carboxylic acids is 3. The number of rotatable bonds is 8. The Kier molecular flexibility index (Phi) is 8.58. The molecule has 0 spiro atoms. The lowest BCUT2D eigenvalue weighted by Gasteiger charge is -2.26. The summed E-state index contributed by atoms with van der Waals surface area (Å²) in [4.78, 5) is 40.9. The molecule has 1 N–H and O–H groups in total. The summed E-state index contributed by atoms with van der Waals surface area (Å²) < 4.78 is 43.4. The number of benzene rings is 1. The Bertz CT molecular complexity index is 1310. The first-order valence-corrected chi connectivity index (χ1v) is 14.7. The number of anilines is 1. The van der Waals surface area contributed by atoms with E-state index in [0.29, 0.717) is 31.6 Å². The van der Waals surface area contributed by atoms with Crippen LogP contribution in [0.25, 0.3) is 0 Å². The summed E-state index contributed by atoms with van der Waals surface area (Å²) in [5, 5.41) is 3.10. The molecule has 2 aliphatic rings. The molecule has 13 heteroatoms. The zero-order valence-corrected chi connectivity index (χ0v) is 23.2. The highest BCUT2D eigenvalue weighted by Gasteiger charge is 2.40. The second kappa shape index (κ2) is 11.7. The topological polar surface area (TPSA) is 132 Å². The van der Waals surface area contributed by atoms with Crippen molar-refractivity contribution in [3.05, 3.63) is 40.3 Å². The van der Waals surface area contributed by atoms with Gasteiger partial charge in [-0.05, 0) is 62.9 Å². The molecule has 0 saturated carbocycles. The summed E-state index contributed by atoms with van der Waals surface area (Å²) in [6.07, 6.45) is 0.821. The molecule has 11 nitrogen and oxygen atoms in total. The molecule has 2 aromatic rings. The van der Waals surface area contributed by atoms with E-state index < -0.39 is 34.0 Å². The van der Waals surface area contributed by atoms with Crippen LogP contribution in [0.4, 0.5) is 9.80 Å². The number of sulfonamides is 1. The van der Waals surface area contributed by atoms with Gasteiger partial charge in [0.25, 0.3) is 0 Å². The van der Waals surface area contributed by atoms with Gasteiger partial charge in [-0.25, -0.2) is 18.0 Å². The maximum Gasteiger partial charge on any atom is 0.410 e. The maximum atomic E-state index is 13.4. The molecule has 0 bridgehead atoms. The highest BCUT2D eigenvalue weighted by atomic mass is 32.2. The molecule has 1 unspecified atom stereocenters. The van der Waals surface area contributed by atoms with Crippen molar-refractivity contribution >= 4 is 44.3 Å². The second-order valence-electron chi connectivity index (χ2n) is 8.74. The number of fused-ring (bicyclic) bond motifs is 1. The van der Waals surface area contributed by atoms with Crippen LogP contribution >= 0.6 is 11.3 Å². The highest BCUT2D eigenvalue weighted by molar-refractivity contribution is 7.89. The van der Waals surface area contributed by atoms with Gasteiger partial charge in [-0.15, -0.1) is 11.3 Å². The number of nitrogens with one attached hydrogen (secondary N) is 1. The average Bonchev–Trinajstić information content (AvgIpc) is 3.54. The zero-order valence-electron chi connectivity index (χ0n) is 21.5. The monoisotopic (exact) mass is 565 g/mol. The molecule has 1 aromatic carbocycles. The van der Waals surface area contributed by atoms with Crippen molar-refractivity contribution in [3.8, 4) is 5.75 Å². The largest absolute Gasteiger partial charge is 0.497 e. The normalized spacial score (nSPS) is 17.6. The lowest BCUT2D eigenvalue weighted by atomic mass is 10.0. The van der Waals surface area contributed by atoms with E-state index in [-0.39, 0.29) is 41.8 Å². The van der Waals surface area contributed by atoms with Gasteiger partial charge in [-0.3, -0.25) is 4.79 Å². The summed E-state index contributed by atoms with van der Waals surface area (Å²) in [6.45, 7) is 4.62. The summed E-state index contributed by atoms with van der Waals surface area (Å²) in [7, 11) is -2.45. The predicted molar refractivity (Wildman–Crippen MR) is 140 cm³/mol. The molecule has 206 valence electrons. The van der Waals surface area contributed by atoms with Crippen LogP contribution < -0.4 is 10.1 Å². The number of amides is 2. The molecule has 1 saturated heterocycles. The van der Waals surface area contributed by atoms with Gasteiger partial charge >= 0.3 is 12.1 Å². The predicted octanol–water partition coefficient (Wildman–Crippen LogP) is 3.24. The molecule has 1 aromatic heterocycles. The van der Waals surface area contributed by atoms with Crippen LogP contribution in [0.3, 0.4) is 0 Å². The standard InChI is InChI=1S/C25H31N3O8S2/c1-4-35-24(30)21-18-12-14-27(25(31)36-5-2)15-20(18)37-23(21)26-22(29)19-7-6-13-28(19)38(32,33)17-10-8-16(34-3)9-11-17/h8-11,19H,4-7,12-15H2,1-3H3,(H,26,29). The fraction of sp³-hybridized carbons (Fsp3) is 0.480. The molecule has 0 aliphatic carbocycles. The molecular weight excluding hydrogens is 534 g/mol. The Morgan fingerprint density at radius 3 is 2.45 bits per heavy atom. The van der Waals surface area contributed by atoms with Gasteiger partial charge in [0.1, 0.15) is 16.8 Å². The van der Waals surface area contributed by atoms with Crippen LogP contribution in [0.1, 0.15) is 47.5 Å². The van der Waals surface area contributed by atoms with Crippen molar-refractivity contribution < 1.29 is 37.0 Å². The van der Waals surface area contributed by atoms with Gasteiger partial charge in [0.15, 0.2) is 0 Å². The number of ether oxygens (including phenoxy) is 3. The molecule has 0 radical (unpaired) electrons. The van der Waals surface area contributed by atoms with Gasteiger partial charge in [-0.2, -0.15) is 4.31 Å². The fourth-order valence-corrected chi connectivity index (χ4v) is 7.56. The van der Waals surface area contributed by atoms with Crippen LogP contribution in [0.5, 0.6) is 5.75 Å². The first-order valence-electron chi connectivity index (χ1n) is 12.4. The first kappa shape index (κ1) is 27.9. The van der Waals surface area contributed by atoms with Crippen LogP contribution in [-0.4, -0.2) is 75.0 Å². The fourth-order valence-electron chi connectivity index (χ4n) is 4.65. The Morgan fingerprint density at radius 1 is 1.08 bits per heavy atom. The number of methoxy groups -OCH3 is 1. The van der Waals surface area contributed by atoms with Crippen molar-refractivity contribution in [2.75, 3.05) is 38.7 Å². The highest BCUT2D eigenvalue weighted by Crippen LogP contribution is 2.38. The first-order chi connectivity index (χ1) is 18.2. The van der Waals surface area contributed by atoms with E-state index in [1.807, 2.05) is 0 Å². The zero-order chi connectivity index (χ0) is 27.4. The number of hydrogen-bond donors (Lipinski definition) is 1. The van der Waals surface area contributed by atoms with Crippen LogP contribution in [0, 0.1) is 0 Å². The Hall–Kier alpha value is -3.16. The van der Waals surface area contributed by atoms with E-state index in [1.54, 1.807) is 30.9 Å². The van der Waals surface area contributed by atoms with Crippen LogP contribution in [0.15, 0.2) is 29.2 Å². The SMILES string of the molecule is CCOC(=O)c1c(NC(=O)C2CCCN2S(=O)(=O)c2ccc(OC)cc2)sc2c1CCN(C(=O)OCC)C2. The van der Waals surface area contributed by atoms with Gasteiger partial charge in [0.2, 0.25) is 15.9 Å². The Morgan fingerprint density at radius 2 is 1.79 bits per heavy atom. The summed E-state index contributed by atoms with van der Waals surface area (Å²) in [5.74, 6) is -0.570. The third-order valence-corrected chi connectivity index (χ3v) is 9.53. The third-order valence-electron chi connectivity index (χ3n) is 6.47. The minimum atomic E-state index is -3.94. The van der Waals surface area contributed by atoms with E-state index >= 15 is 0 Å². The van der Waals surface area contributed by atoms with Crippen molar-refractivity contribution in [1.29, 1.82) is 0 Å². The maximum absolute atomic E-state index is 13.4. The lowest BCUT2D eigenvalue weighted by molar-refractivity contribution is -0.119. The Balaban J connectivity index is 1.59. The third kappa shape index (κ3) is 5.49. The van der Waals surface area contributed by atoms with Crippen molar-refractivity contribution in [3.63, 3.8) is 0 Å². The smallest absolute Gasteiger partial charge is 0.410 e. The van der Waals surface area contributed by atoms with E-state index in [4.69, 9.17) is 14.2 Å². The molecule has 3 heterocycles. The minimum Gasteiger partial charge on any atom is -0.497 e. The summed E-state index contributed by atoms with van der Waals surface area (Å²) >= 11 is 1.19. The van der Waals surface area contributed by atoms with Gasteiger partial charge in [0.05, 0.1) is 37.3 Å². The Labute approximate surface area is 225 Å². The molecule has 1 fully saturated rings.